The van der Waals surface area contributed by atoms with Crippen LogP contribution in [0.25, 0.3) is 0 Å². The van der Waals surface area contributed by atoms with E-state index in [1.165, 1.54) is 96.1 Å². The Labute approximate surface area is 170 Å². The molecule has 3 heteroatoms. The number of rotatable bonds is 16. The van der Waals surface area contributed by atoms with Crippen molar-refractivity contribution >= 4 is 32.9 Å². The van der Waals surface area contributed by atoms with Gasteiger partial charge in [0.15, 0.2) is 0 Å². The molecule has 1 N–H and O–H groups in total. The molecule has 0 heterocycles. The smallest absolute Gasteiger partial charge is 0.124 e. The molecule has 0 aromatic heterocycles. The average molecular weight is 476 g/mol. The maximum Gasteiger partial charge on any atom is 0.124 e. The van der Waals surface area contributed by atoms with E-state index in [2.05, 4.69) is 35.0 Å². The average Bonchev–Trinajstić information content (AvgIpc) is 2.62. The molecule has 0 aliphatic heterocycles. The summed E-state index contributed by atoms with van der Waals surface area (Å²) >= 11 is 2.54. The van der Waals surface area contributed by atoms with Crippen LogP contribution in [0.4, 0.5) is 0 Å². The second-order valence-electron chi connectivity index (χ2n) is 7.17. The van der Waals surface area contributed by atoms with Crippen LogP contribution in [-0.2, 0) is 0 Å². The molecule has 0 radical (unpaired) electrons. The summed E-state index contributed by atoms with van der Waals surface area (Å²) < 4.78 is 0. The van der Waals surface area contributed by atoms with E-state index in [4.69, 9.17) is 0 Å². The van der Waals surface area contributed by atoms with Crippen LogP contribution in [0.2, 0.25) is 0 Å². The highest BCUT2D eigenvalue weighted by Crippen LogP contribution is 2.46. The molecular weight excluding hydrogens is 438 g/mol. The first-order valence-electron chi connectivity index (χ1n) is 10.5. The van der Waals surface area contributed by atoms with Gasteiger partial charge in [-0.1, -0.05) is 109 Å². The van der Waals surface area contributed by atoms with Crippen molar-refractivity contribution in [2.24, 2.45) is 0 Å². The molecule has 1 aromatic rings. The first kappa shape index (κ1) is 23.2. The van der Waals surface area contributed by atoms with Gasteiger partial charge in [-0.05, 0) is 46.3 Å². The van der Waals surface area contributed by atoms with E-state index in [1.807, 2.05) is 18.2 Å². The number of para-hydroxylation sites is 1. The second kappa shape index (κ2) is 16.4. The standard InChI is InChI=1S/C22H38IOP/c1-2-3-4-5-6-7-8-9-10-11-12-13-14-17-20-25(23)22-19-16-15-18-21(22)24/h15-16,18-19,24H,2-14,17,20H2,1H3. The maximum absolute atomic E-state index is 9.91. The zero-order chi connectivity index (χ0) is 18.2. The Hall–Kier alpha value is 0.180. The second-order valence-corrected chi connectivity index (χ2v) is 12.3. The van der Waals surface area contributed by atoms with Gasteiger partial charge in [0.2, 0.25) is 0 Å². The lowest BCUT2D eigenvalue weighted by Gasteiger charge is -2.11. The van der Waals surface area contributed by atoms with Crippen molar-refractivity contribution in [1.29, 1.82) is 0 Å². The Morgan fingerprint density at radius 2 is 1.16 bits per heavy atom. The molecule has 0 amide bonds. The maximum atomic E-state index is 9.91. The largest absolute Gasteiger partial charge is 0.507 e. The van der Waals surface area contributed by atoms with E-state index < -0.39 is 0 Å². The number of hydrogen-bond donors (Lipinski definition) is 1. The minimum absolute atomic E-state index is 0.217. The summed E-state index contributed by atoms with van der Waals surface area (Å²) in [5.41, 5.74) is -0.217. The Morgan fingerprint density at radius 3 is 1.64 bits per heavy atom. The minimum Gasteiger partial charge on any atom is -0.507 e. The SMILES string of the molecule is CCCCCCCCCCCCCCCCP(I)c1ccccc1O. The molecule has 0 spiro atoms. The summed E-state index contributed by atoms with van der Waals surface area (Å²) in [7, 11) is 0. The lowest BCUT2D eigenvalue weighted by atomic mass is 10.0. The molecule has 0 fully saturated rings. The van der Waals surface area contributed by atoms with Gasteiger partial charge in [-0.25, -0.2) is 0 Å². The third kappa shape index (κ3) is 12.2. The number of unbranched alkanes of at least 4 members (excludes halogenated alkanes) is 13. The molecule has 0 saturated heterocycles. The fourth-order valence-corrected chi connectivity index (χ4v) is 6.80. The van der Waals surface area contributed by atoms with Crippen LogP contribution in [0.15, 0.2) is 24.3 Å². The zero-order valence-corrected chi connectivity index (χ0v) is 19.2. The Balaban J connectivity index is 1.85. The Morgan fingerprint density at radius 1 is 0.720 bits per heavy atom. The van der Waals surface area contributed by atoms with Gasteiger partial charge in [0.05, 0.1) is 0 Å². The minimum atomic E-state index is -0.217. The van der Waals surface area contributed by atoms with Gasteiger partial charge in [0, 0.05) is 5.30 Å². The van der Waals surface area contributed by atoms with Crippen molar-refractivity contribution in [1.82, 2.24) is 0 Å². The van der Waals surface area contributed by atoms with E-state index in [9.17, 15) is 5.11 Å². The van der Waals surface area contributed by atoms with Crippen LogP contribution >= 0.6 is 27.6 Å². The molecule has 0 bridgehead atoms. The molecule has 0 aliphatic carbocycles. The number of hydrogen-bond acceptors (Lipinski definition) is 1. The van der Waals surface area contributed by atoms with E-state index >= 15 is 0 Å². The zero-order valence-electron chi connectivity index (χ0n) is 16.2. The highest BCUT2D eigenvalue weighted by atomic mass is 127. The Kier molecular flexibility index (Phi) is 15.2. The molecule has 1 atom stereocenters. The fraction of sp³-hybridized carbons (Fsp3) is 0.727. The topological polar surface area (TPSA) is 20.2 Å². The monoisotopic (exact) mass is 476 g/mol. The Bertz CT molecular complexity index is 424. The summed E-state index contributed by atoms with van der Waals surface area (Å²) in [6, 6.07) is 7.84. The third-order valence-electron chi connectivity index (χ3n) is 4.85. The van der Waals surface area contributed by atoms with Gasteiger partial charge in [0.25, 0.3) is 0 Å². The number of halogens is 1. The van der Waals surface area contributed by atoms with Crippen molar-refractivity contribution in [2.45, 2.75) is 96.8 Å². The summed E-state index contributed by atoms with van der Waals surface area (Å²) in [6.45, 7) is 2.29. The van der Waals surface area contributed by atoms with Crippen LogP contribution in [0.3, 0.4) is 0 Å². The van der Waals surface area contributed by atoms with Gasteiger partial charge in [-0.15, -0.1) is 0 Å². The van der Waals surface area contributed by atoms with Crippen molar-refractivity contribution < 1.29 is 5.11 Å². The van der Waals surface area contributed by atoms with E-state index in [0.29, 0.717) is 5.75 Å². The number of benzene rings is 1. The third-order valence-corrected chi connectivity index (χ3v) is 9.47. The summed E-state index contributed by atoms with van der Waals surface area (Å²) in [4.78, 5) is 0. The van der Waals surface area contributed by atoms with Crippen LogP contribution in [0.1, 0.15) is 96.8 Å². The number of phenolic OH excluding ortho intramolecular Hbond substituents is 1. The van der Waals surface area contributed by atoms with Crippen LogP contribution in [0, 0.1) is 0 Å². The highest BCUT2D eigenvalue weighted by molar-refractivity contribution is 14.2. The quantitative estimate of drug-likeness (QED) is 0.144. The predicted octanol–water partition coefficient (Wildman–Crippen LogP) is 8.33. The highest BCUT2D eigenvalue weighted by Gasteiger charge is 2.10. The summed E-state index contributed by atoms with van der Waals surface area (Å²) in [5, 5.41) is 11.1. The summed E-state index contributed by atoms with van der Waals surface area (Å²) in [5.74, 6) is 0.480. The van der Waals surface area contributed by atoms with E-state index in [1.54, 1.807) is 0 Å². The van der Waals surface area contributed by atoms with E-state index in [-0.39, 0.29) is 5.56 Å². The lowest BCUT2D eigenvalue weighted by molar-refractivity contribution is 0.480. The van der Waals surface area contributed by atoms with Crippen molar-refractivity contribution in [3.05, 3.63) is 24.3 Å². The van der Waals surface area contributed by atoms with Gasteiger partial charge in [-0.2, -0.15) is 0 Å². The normalized spacial score (nSPS) is 12.4. The predicted molar refractivity (Wildman–Crippen MR) is 124 cm³/mol. The lowest BCUT2D eigenvalue weighted by Crippen LogP contribution is -1.99. The van der Waals surface area contributed by atoms with Gasteiger partial charge in [0.1, 0.15) is 5.75 Å². The number of aromatic hydroxyl groups is 1. The van der Waals surface area contributed by atoms with Crippen molar-refractivity contribution in [3.8, 4) is 5.75 Å². The molecule has 1 nitrogen and oxygen atoms in total. The molecule has 1 rings (SSSR count). The van der Waals surface area contributed by atoms with Crippen molar-refractivity contribution in [3.63, 3.8) is 0 Å². The fourth-order valence-electron chi connectivity index (χ4n) is 3.23. The first-order chi connectivity index (χ1) is 12.3. The van der Waals surface area contributed by atoms with Crippen LogP contribution < -0.4 is 5.30 Å². The van der Waals surface area contributed by atoms with Crippen molar-refractivity contribution in [2.75, 3.05) is 6.16 Å². The molecular formula is C22H38IOP. The van der Waals surface area contributed by atoms with Gasteiger partial charge in [-0.3, -0.25) is 0 Å². The van der Waals surface area contributed by atoms with Gasteiger partial charge >= 0.3 is 0 Å². The molecule has 1 aromatic carbocycles. The summed E-state index contributed by atoms with van der Waals surface area (Å²) in [6.07, 6.45) is 21.0. The number of phenols is 1. The van der Waals surface area contributed by atoms with Gasteiger partial charge < -0.3 is 5.11 Å². The molecule has 1 unspecified atom stereocenters. The van der Waals surface area contributed by atoms with Crippen LogP contribution in [0.5, 0.6) is 5.75 Å². The molecule has 25 heavy (non-hydrogen) atoms. The van der Waals surface area contributed by atoms with Crippen LogP contribution in [-0.4, -0.2) is 11.3 Å². The molecule has 0 saturated carbocycles. The molecule has 144 valence electrons. The van der Waals surface area contributed by atoms with E-state index in [0.717, 1.165) is 5.30 Å². The molecule has 0 aliphatic rings. The first-order valence-corrected chi connectivity index (χ1v) is 14.8.